The van der Waals surface area contributed by atoms with Gasteiger partial charge in [-0.2, -0.15) is 0 Å². The van der Waals surface area contributed by atoms with Crippen molar-refractivity contribution in [2.45, 2.75) is 44.7 Å². The van der Waals surface area contributed by atoms with Crippen molar-refractivity contribution in [3.05, 3.63) is 87.2 Å². The van der Waals surface area contributed by atoms with Crippen LogP contribution in [0.15, 0.2) is 58.3 Å². The topological polar surface area (TPSA) is 127 Å². The third-order valence-corrected chi connectivity index (χ3v) is 7.74. The van der Waals surface area contributed by atoms with Crippen LogP contribution in [0.2, 0.25) is 0 Å². The van der Waals surface area contributed by atoms with E-state index in [9.17, 15) is 9.59 Å². The maximum absolute atomic E-state index is 13.7. The van der Waals surface area contributed by atoms with Crippen LogP contribution in [0.5, 0.6) is 0 Å². The van der Waals surface area contributed by atoms with Gasteiger partial charge in [-0.3, -0.25) is 9.59 Å². The molecular formula is C28H30N6O3S. The van der Waals surface area contributed by atoms with Crippen molar-refractivity contribution >= 4 is 23.2 Å². The Labute approximate surface area is 225 Å². The molecule has 1 aliphatic heterocycles. The predicted octanol–water partition coefficient (Wildman–Crippen LogP) is 4.26. The zero-order chi connectivity index (χ0) is 26.9. The molecule has 196 valence electrons. The number of amides is 2. The number of carbonyl (C=O) groups excluding carboxylic acids is 2. The number of rotatable bonds is 7. The summed E-state index contributed by atoms with van der Waals surface area (Å²) in [5.41, 5.74) is 8.83. The normalized spacial score (nSPS) is 16.8. The Balaban J connectivity index is 1.47. The van der Waals surface area contributed by atoms with Gasteiger partial charge in [0, 0.05) is 41.4 Å². The summed E-state index contributed by atoms with van der Waals surface area (Å²) in [6, 6.07) is 14.7. The molecule has 1 aliphatic rings. The fraction of sp³-hybridized carbons (Fsp3) is 0.321. The van der Waals surface area contributed by atoms with Crippen LogP contribution in [0.3, 0.4) is 0 Å². The molecule has 5 rings (SSSR count). The molecule has 10 heteroatoms. The third kappa shape index (κ3) is 5.23. The number of hydrogen-bond acceptors (Lipinski definition) is 8. The van der Waals surface area contributed by atoms with E-state index in [1.165, 1.54) is 0 Å². The fourth-order valence-corrected chi connectivity index (χ4v) is 5.72. The molecule has 2 aromatic heterocycles. The molecule has 1 saturated heterocycles. The van der Waals surface area contributed by atoms with E-state index in [0.717, 1.165) is 29.1 Å². The molecule has 9 nitrogen and oxygen atoms in total. The molecule has 2 amide bonds. The predicted molar refractivity (Wildman–Crippen MR) is 145 cm³/mol. The van der Waals surface area contributed by atoms with E-state index in [4.69, 9.17) is 10.2 Å². The van der Waals surface area contributed by atoms with Gasteiger partial charge in [0.1, 0.15) is 5.01 Å². The summed E-state index contributed by atoms with van der Waals surface area (Å²) < 4.78 is 6.02. The number of thiazole rings is 1. The van der Waals surface area contributed by atoms with Crippen LogP contribution in [0.1, 0.15) is 68.7 Å². The van der Waals surface area contributed by atoms with Crippen molar-refractivity contribution < 1.29 is 14.0 Å². The van der Waals surface area contributed by atoms with Gasteiger partial charge in [-0.25, -0.2) is 4.98 Å². The number of carbonyl (C=O) groups is 2. The summed E-state index contributed by atoms with van der Waals surface area (Å²) in [5, 5.41) is 14.0. The lowest BCUT2D eigenvalue weighted by atomic mass is 9.94. The molecule has 4 aromatic rings. The summed E-state index contributed by atoms with van der Waals surface area (Å²) in [6.45, 7) is 4.41. The minimum absolute atomic E-state index is 0.0840. The second kappa shape index (κ2) is 10.5. The summed E-state index contributed by atoms with van der Waals surface area (Å²) in [7, 11) is 1.55. The van der Waals surface area contributed by atoms with Gasteiger partial charge in [-0.1, -0.05) is 30.3 Å². The Kier molecular flexibility index (Phi) is 7.09. The SMILES string of the molecule is CNC(=O)c1cc(C(=O)N2CCC[C@@H]2c2nc(C)cs2)cc(-c2nnc(C(C)(N)Cc3ccccc3)o2)c1. The molecule has 0 bridgehead atoms. The lowest BCUT2D eigenvalue weighted by molar-refractivity contribution is 0.0735. The van der Waals surface area contributed by atoms with E-state index in [-0.39, 0.29) is 29.6 Å². The Morgan fingerprint density at radius 2 is 1.95 bits per heavy atom. The maximum atomic E-state index is 13.7. The monoisotopic (exact) mass is 530 g/mol. The van der Waals surface area contributed by atoms with Crippen LogP contribution in [0.25, 0.3) is 11.5 Å². The van der Waals surface area contributed by atoms with Crippen molar-refractivity contribution in [3.63, 3.8) is 0 Å². The molecule has 38 heavy (non-hydrogen) atoms. The van der Waals surface area contributed by atoms with Crippen molar-refractivity contribution in [1.29, 1.82) is 0 Å². The number of aryl methyl sites for hydroxylation is 1. The average molecular weight is 531 g/mol. The molecule has 0 radical (unpaired) electrons. The van der Waals surface area contributed by atoms with Gasteiger partial charge < -0.3 is 20.4 Å². The molecular weight excluding hydrogens is 500 g/mol. The summed E-state index contributed by atoms with van der Waals surface area (Å²) >= 11 is 1.57. The highest BCUT2D eigenvalue weighted by molar-refractivity contribution is 7.09. The van der Waals surface area contributed by atoms with Gasteiger partial charge in [0.25, 0.3) is 11.8 Å². The van der Waals surface area contributed by atoms with Crippen molar-refractivity contribution in [3.8, 4) is 11.5 Å². The van der Waals surface area contributed by atoms with Crippen LogP contribution in [0.4, 0.5) is 0 Å². The van der Waals surface area contributed by atoms with Gasteiger partial charge >= 0.3 is 0 Å². The van der Waals surface area contributed by atoms with Crippen LogP contribution in [0, 0.1) is 6.92 Å². The average Bonchev–Trinajstić information content (AvgIpc) is 3.68. The lowest BCUT2D eigenvalue weighted by Crippen LogP contribution is -2.35. The molecule has 0 aliphatic carbocycles. The third-order valence-electron chi connectivity index (χ3n) is 6.68. The lowest BCUT2D eigenvalue weighted by Gasteiger charge is -2.23. The standard InChI is InChI=1S/C28H30N6O3S/c1-17-16-38-25(31-17)22-10-7-11-34(22)26(36)21-13-19(23(35)30-3)12-20(14-21)24-32-33-27(37-24)28(2,29)15-18-8-5-4-6-9-18/h4-6,8-9,12-14,16,22H,7,10-11,15,29H2,1-3H3,(H,30,35)/t22-,28?/m1/s1. The van der Waals surface area contributed by atoms with Crippen LogP contribution >= 0.6 is 11.3 Å². The number of aromatic nitrogens is 3. The molecule has 1 fully saturated rings. The Morgan fingerprint density at radius 3 is 2.66 bits per heavy atom. The first-order valence-electron chi connectivity index (χ1n) is 12.5. The van der Waals surface area contributed by atoms with Crippen LogP contribution < -0.4 is 11.1 Å². The smallest absolute Gasteiger partial charge is 0.254 e. The van der Waals surface area contributed by atoms with Crippen molar-refractivity contribution in [2.24, 2.45) is 5.73 Å². The second-order valence-corrected chi connectivity index (χ2v) is 10.7. The van der Waals surface area contributed by atoms with E-state index < -0.39 is 5.54 Å². The van der Waals surface area contributed by atoms with E-state index >= 15 is 0 Å². The minimum atomic E-state index is -0.904. The quantitative estimate of drug-likeness (QED) is 0.366. The number of nitrogens with one attached hydrogen (secondary N) is 1. The number of nitrogens with two attached hydrogens (primary N) is 1. The van der Waals surface area contributed by atoms with Gasteiger partial charge in [0.2, 0.25) is 11.8 Å². The number of benzene rings is 2. The minimum Gasteiger partial charge on any atom is -0.419 e. The van der Waals surface area contributed by atoms with Gasteiger partial charge in [0.05, 0.1) is 11.6 Å². The zero-order valence-electron chi connectivity index (χ0n) is 21.6. The van der Waals surface area contributed by atoms with E-state index in [1.54, 1.807) is 36.6 Å². The highest BCUT2D eigenvalue weighted by atomic mass is 32.1. The molecule has 3 N–H and O–H groups in total. The largest absolute Gasteiger partial charge is 0.419 e. The van der Waals surface area contributed by atoms with Crippen LogP contribution in [-0.4, -0.2) is 45.5 Å². The Hall–Kier alpha value is -3.89. The van der Waals surface area contributed by atoms with E-state index in [2.05, 4.69) is 20.5 Å². The fourth-order valence-electron chi connectivity index (χ4n) is 4.77. The zero-order valence-corrected chi connectivity index (χ0v) is 22.4. The summed E-state index contributed by atoms with van der Waals surface area (Å²) in [6.07, 6.45) is 2.24. The van der Waals surface area contributed by atoms with Gasteiger partial charge in [-0.05, 0) is 56.9 Å². The Bertz CT molecular complexity index is 1460. The first kappa shape index (κ1) is 25.7. The molecule has 0 saturated carbocycles. The molecule has 2 atom stereocenters. The molecule has 3 heterocycles. The highest BCUT2D eigenvalue weighted by Crippen LogP contribution is 2.35. The molecule has 1 unspecified atom stereocenters. The first-order chi connectivity index (χ1) is 18.2. The van der Waals surface area contributed by atoms with Crippen LogP contribution in [-0.2, 0) is 12.0 Å². The number of likely N-dealkylation sites (tertiary alicyclic amines) is 1. The van der Waals surface area contributed by atoms with Crippen molar-refractivity contribution in [1.82, 2.24) is 25.4 Å². The molecule has 2 aromatic carbocycles. The summed E-state index contributed by atoms with van der Waals surface area (Å²) in [5.74, 6) is -0.0203. The number of hydrogen-bond donors (Lipinski definition) is 2. The highest BCUT2D eigenvalue weighted by Gasteiger charge is 2.33. The second-order valence-electron chi connectivity index (χ2n) is 9.85. The first-order valence-corrected chi connectivity index (χ1v) is 13.4. The van der Waals surface area contributed by atoms with E-state index in [1.807, 2.05) is 54.5 Å². The molecule has 0 spiro atoms. The van der Waals surface area contributed by atoms with E-state index in [0.29, 0.717) is 29.7 Å². The van der Waals surface area contributed by atoms with Crippen molar-refractivity contribution in [2.75, 3.05) is 13.6 Å². The Morgan fingerprint density at radius 1 is 1.18 bits per heavy atom. The van der Waals surface area contributed by atoms with Gasteiger partial charge in [0.15, 0.2) is 0 Å². The number of nitrogens with zero attached hydrogens (tertiary/aromatic N) is 4. The summed E-state index contributed by atoms with van der Waals surface area (Å²) in [4.78, 5) is 32.8. The maximum Gasteiger partial charge on any atom is 0.254 e. The van der Waals surface area contributed by atoms with Gasteiger partial charge in [-0.15, -0.1) is 21.5 Å².